The standard InChI is InChI=1S/C18H13F2N3O2/c19-13-2-1-3-14(16(13)20)23-18(25)15-12(9-22-17(15)24)11-6-4-10(8-21)5-7-11/h1-7,12,15H,9H2,(H,22,24)(H,23,25)/t12-,15-/m1/s1. The van der Waals surface area contributed by atoms with Gasteiger partial charge < -0.3 is 10.6 Å². The van der Waals surface area contributed by atoms with E-state index < -0.39 is 35.3 Å². The molecule has 2 aromatic carbocycles. The van der Waals surface area contributed by atoms with E-state index in [0.29, 0.717) is 11.1 Å². The van der Waals surface area contributed by atoms with Crippen LogP contribution in [0.5, 0.6) is 0 Å². The molecule has 1 aliphatic heterocycles. The predicted octanol–water partition coefficient (Wildman–Crippen LogP) is 2.30. The highest BCUT2D eigenvalue weighted by Gasteiger charge is 2.41. The molecule has 0 aliphatic carbocycles. The highest BCUT2D eigenvalue weighted by molar-refractivity contribution is 6.08. The van der Waals surface area contributed by atoms with Crippen LogP contribution in [0.3, 0.4) is 0 Å². The molecule has 0 bridgehead atoms. The number of carbonyl (C=O) groups is 2. The molecule has 0 spiro atoms. The molecule has 0 saturated carbocycles. The molecule has 5 nitrogen and oxygen atoms in total. The van der Waals surface area contributed by atoms with Gasteiger partial charge in [0.1, 0.15) is 5.92 Å². The average Bonchev–Trinajstić information content (AvgIpc) is 3.00. The lowest BCUT2D eigenvalue weighted by Gasteiger charge is -2.17. The smallest absolute Gasteiger partial charge is 0.237 e. The van der Waals surface area contributed by atoms with Crippen molar-refractivity contribution in [3.05, 3.63) is 65.2 Å². The van der Waals surface area contributed by atoms with E-state index >= 15 is 0 Å². The van der Waals surface area contributed by atoms with E-state index in [0.717, 1.165) is 6.07 Å². The third kappa shape index (κ3) is 3.19. The second kappa shape index (κ2) is 6.69. The molecule has 2 atom stereocenters. The topological polar surface area (TPSA) is 82.0 Å². The number of nitrogens with one attached hydrogen (secondary N) is 2. The lowest BCUT2D eigenvalue weighted by Crippen LogP contribution is -2.32. The van der Waals surface area contributed by atoms with Crippen LogP contribution in [-0.2, 0) is 9.59 Å². The van der Waals surface area contributed by atoms with Gasteiger partial charge in [-0.05, 0) is 29.8 Å². The summed E-state index contributed by atoms with van der Waals surface area (Å²) in [5, 5.41) is 13.7. The van der Waals surface area contributed by atoms with Crippen molar-refractivity contribution in [2.24, 2.45) is 5.92 Å². The van der Waals surface area contributed by atoms with E-state index in [1.807, 2.05) is 6.07 Å². The summed E-state index contributed by atoms with van der Waals surface area (Å²) in [5.41, 5.74) is 0.851. The van der Waals surface area contributed by atoms with Crippen molar-refractivity contribution in [2.75, 3.05) is 11.9 Å². The summed E-state index contributed by atoms with van der Waals surface area (Å²) < 4.78 is 27.0. The highest BCUT2D eigenvalue weighted by Crippen LogP contribution is 2.30. The van der Waals surface area contributed by atoms with Crippen LogP contribution in [0.1, 0.15) is 17.0 Å². The van der Waals surface area contributed by atoms with Crippen LogP contribution in [0.25, 0.3) is 0 Å². The Balaban J connectivity index is 1.85. The Morgan fingerprint density at radius 2 is 1.92 bits per heavy atom. The van der Waals surface area contributed by atoms with Crippen molar-refractivity contribution in [3.8, 4) is 6.07 Å². The number of amides is 2. The molecule has 1 saturated heterocycles. The first-order chi connectivity index (χ1) is 12.0. The predicted molar refractivity (Wildman–Crippen MR) is 85.4 cm³/mol. The zero-order valence-corrected chi connectivity index (χ0v) is 12.9. The van der Waals surface area contributed by atoms with Gasteiger partial charge in [0.05, 0.1) is 17.3 Å². The van der Waals surface area contributed by atoms with Crippen molar-refractivity contribution in [2.45, 2.75) is 5.92 Å². The van der Waals surface area contributed by atoms with Gasteiger partial charge in [0.2, 0.25) is 11.8 Å². The summed E-state index contributed by atoms with van der Waals surface area (Å²) >= 11 is 0. The fourth-order valence-corrected chi connectivity index (χ4v) is 2.85. The average molecular weight is 341 g/mol. The Kier molecular flexibility index (Phi) is 4.44. The van der Waals surface area contributed by atoms with Gasteiger partial charge in [0.15, 0.2) is 11.6 Å². The lowest BCUT2D eigenvalue weighted by molar-refractivity contribution is -0.130. The summed E-state index contributed by atoms with van der Waals surface area (Å²) in [6.45, 7) is 0.244. The van der Waals surface area contributed by atoms with Gasteiger partial charge >= 0.3 is 0 Å². The monoisotopic (exact) mass is 341 g/mol. The zero-order valence-electron chi connectivity index (χ0n) is 12.9. The molecule has 3 rings (SSSR count). The largest absolute Gasteiger partial charge is 0.355 e. The van der Waals surface area contributed by atoms with Gasteiger partial charge in [-0.15, -0.1) is 0 Å². The maximum Gasteiger partial charge on any atom is 0.237 e. The van der Waals surface area contributed by atoms with E-state index in [2.05, 4.69) is 10.6 Å². The first-order valence-corrected chi connectivity index (χ1v) is 7.54. The number of nitriles is 1. The SMILES string of the molecule is N#Cc1ccc([C@H]2CNC(=O)[C@@H]2C(=O)Nc2cccc(F)c2F)cc1. The Labute approximate surface area is 142 Å². The maximum absolute atomic E-state index is 13.7. The van der Waals surface area contributed by atoms with Crippen LogP contribution in [-0.4, -0.2) is 18.4 Å². The zero-order chi connectivity index (χ0) is 18.0. The molecule has 0 radical (unpaired) electrons. The molecule has 2 amide bonds. The maximum atomic E-state index is 13.7. The summed E-state index contributed by atoms with van der Waals surface area (Å²) in [6, 6.07) is 12.0. The van der Waals surface area contributed by atoms with Crippen LogP contribution in [0.2, 0.25) is 0 Å². The molecule has 7 heteroatoms. The second-order valence-electron chi connectivity index (χ2n) is 5.65. The van der Waals surface area contributed by atoms with Crippen molar-refractivity contribution < 1.29 is 18.4 Å². The molecular weight excluding hydrogens is 328 g/mol. The van der Waals surface area contributed by atoms with Crippen molar-refractivity contribution in [3.63, 3.8) is 0 Å². The molecule has 0 aromatic heterocycles. The number of benzene rings is 2. The summed E-state index contributed by atoms with van der Waals surface area (Å²) in [4.78, 5) is 24.6. The van der Waals surface area contributed by atoms with Gasteiger partial charge in [-0.2, -0.15) is 5.26 Å². The number of halogens is 2. The number of carbonyl (C=O) groups excluding carboxylic acids is 2. The fourth-order valence-electron chi connectivity index (χ4n) is 2.85. The third-order valence-electron chi connectivity index (χ3n) is 4.14. The normalized spacial score (nSPS) is 19.2. The van der Waals surface area contributed by atoms with E-state index in [-0.39, 0.29) is 12.2 Å². The minimum atomic E-state index is -1.18. The van der Waals surface area contributed by atoms with E-state index in [1.54, 1.807) is 24.3 Å². The lowest BCUT2D eigenvalue weighted by atomic mass is 9.87. The highest BCUT2D eigenvalue weighted by atomic mass is 19.2. The van der Waals surface area contributed by atoms with Crippen LogP contribution in [0, 0.1) is 28.9 Å². The Hall–Kier alpha value is -3.27. The van der Waals surface area contributed by atoms with Gasteiger partial charge in [-0.25, -0.2) is 8.78 Å². The number of anilines is 1. The van der Waals surface area contributed by atoms with Gasteiger partial charge in [-0.1, -0.05) is 18.2 Å². The van der Waals surface area contributed by atoms with E-state index in [1.165, 1.54) is 12.1 Å². The number of nitrogens with zero attached hydrogens (tertiary/aromatic N) is 1. The van der Waals surface area contributed by atoms with E-state index in [4.69, 9.17) is 5.26 Å². The molecule has 0 unspecified atom stereocenters. The summed E-state index contributed by atoms with van der Waals surface area (Å²) in [7, 11) is 0. The van der Waals surface area contributed by atoms with Crippen LogP contribution in [0.15, 0.2) is 42.5 Å². The Morgan fingerprint density at radius 3 is 2.60 bits per heavy atom. The summed E-state index contributed by atoms with van der Waals surface area (Å²) in [5.74, 6) is -4.99. The molecule has 126 valence electrons. The van der Waals surface area contributed by atoms with Crippen LogP contribution < -0.4 is 10.6 Å². The third-order valence-corrected chi connectivity index (χ3v) is 4.14. The quantitative estimate of drug-likeness (QED) is 0.841. The molecule has 2 N–H and O–H groups in total. The summed E-state index contributed by atoms with van der Waals surface area (Å²) in [6.07, 6.45) is 0. The molecule has 1 fully saturated rings. The van der Waals surface area contributed by atoms with Crippen LogP contribution >= 0.6 is 0 Å². The minimum Gasteiger partial charge on any atom is -0.355 e. The van der Waals surface area contributed by atoms with Crippen molar-refractivity contribution >= 4 is 17.5 Å². The molecule has 2 aromatic rings. The van der Waals surface area contributed by atoms with Crippen molar-refractivity contribution in [1.29, 1.82) is 5.26 Å². The first kappa shape index (κ1) is 16.6. The van der Waals surface area contributed by atoms with Gasteiger partial charge in [0, 0.05) is 12.5 Å². The van der Waals surface area contributed by atoms with Crippen molar-refractivity contribution in [1.82, 2.24) is 5.32 Å². The number of hydrogen-bond acceptors (Lipinski definition) is 3. The van der Waals surface area contributed by atoms with Gasteiger partial charge in [0.25, 0.3) is 0 Å². The van der Waals surface area contributed by atoms with E-state index in [9.17, 15) is 18.4 Å². The Morgan fingerprint density at radius 1 is 1.20 bits per heavy atom. The number of hydrogen-bond donors (Lipinski definition) is 2. The molecular formula is C18H13F2N3O2. The van der Waals surface area contributed by atoms with Crippen LogP contribution in [0.4, 0.5) is 14.5 Å². The first-order valence-electron chi connectivity index (χ1n) is 7.54. The Bertz CT molecular complexity index is 875. The molecule has 1 aliphatic rings. The fraction of sp³-hybridized carbons (Fsp3) is 0.167. The second-order valence-corrected chi connectivity index (χ2v) is 5.65. The molecule has 25 heavy (non-hydrogen) atoms. The minimum absolute atomic E-state index is 0.244. The van der Waals surface area contributed by atoms with Gasteiger partial charge in [-0.3, -0.25) is 9.59 Å². The number of rotatable bonds is 3. The molecule has 1 heterocycles.